The molecule has 174 valence electrons. The number of piperazine rings is 1. The first-order valence-electron chi connectivity index (χ1n) is 10.4. The average molecular weight is 479 g/mol. The van der Waals surface area contributed by atoms with E-state index in [1.165, 1.54) is 18.3 Å². The molecule has 1 fully saturated rings. The molecule has 1 aromatic heterocycles. The van der Waals surface area contributed by atoms with Crippen molar-refractivity contribution in [2.45, 2.75) is 17.9 Å². The van der Waals surface area contributed by atoms with Gasteiger partial charge in [0.05, 0.1) is 17.6 Å². The van der Waals surface area contributed by atoms with E-state index >= 15 is 0 Å². The van der Waals surface area contributed by atoms with Gasteiger partial charge in [-0.15, -0.1) is 0 Å². The summed E-state index contributed by atoms with van der Waals surface area (Å²) in [5, 5.41) is 0.157. The van der Waals surface area contributed by atoms with Crippen LogP contribution in [0.1, 0.15) is 0 Å². The minimum atomic E-state index is -4.42. The number of hydrogen-bond donors (Lipinski definition) is 0. The van der Waals surface area contributed by atoms with Crippen molar-refractivity contribution < 1.29 is 22.4 Å². The lowest BCUT2D eigenvalue weighted by atomic mass is 10.2. The normalized spacial score (nSPS) is 14.5. The molecule has 0 aliphatic carbocycles. The maximum absolute atomic E-state index is 13.2. The van der Waals surface area contributed by atoms with Gasteiger partial charge in [-0.3, -0.25) is 4.79 Å². The number of benzene rings is 2. The van der Waals surface area contributed by atoms with E-state index in [4.69, 9.17) is 0 Å². The smallest absolute Gasteiger partial charge is 0.368 e. The Morgan fingerprint density at radius 1 is 0.970 bits per heavy atom. The number of amides is 1. The maximum atomic E-state index is 13.2. The van der Waals surface area contributed by atoms with Crippen LogP contribution >= 0.6 is 11.8 Å². The number of imidazole rings is 1. The van der Waals surface area contributed by atoms with Crippen LogP contribution in [-0.4, -0.2) is 58.5 Å². The van der Waals surface area contributed by atoms with Crippen LogP contribution in [0.4, 0.5) is 23.2 Å². The summed E-state index contributed by atoms with van der Waals surface area (Å²) >= 11 is 1.01. The van der Waals surface area contributed by atoms with Crippen molar-refractivity contribution in [3.8, 4) is 11.3 Å². The molecule has 0 radical (unpaired) electrons. The fourth-order valence-electron chi connectivity index (χ4n) is 3.73. The highest BCUT2D eigenvalue weighted by Crippen LogP contribution is 2.30. The fraction of sp³-hybridized carbons (Fsp3) is 0.304. The lowest BCUT2D eigenvalue weighted by molar-refractivity contribution is -0.141. The Labute approximate surface area is 193 Å². The third-order valence-electron chi connectivity index (χ3n) is 5.37. The number of thioether (sulfide) groups is 1. The molecule has 1 aliphatic heterocycles. The van der Waals surface area contributed by atoms with E-state index in [1.807, 2.05) is 0 Å². The van der Waals surface area contributed by atoms with E-state index in [1.54, 1.807) is 47.4 Å². The van der Waals surface area contributed by atoms with Crippen molar-refractivity contribution in [3.63, 3.8) is 0 Å². The molecule has 1 saturated heterocycles. The molecule has 1 amide bonds. The molecule has 1 aliphatic rings. The molecule has 10 heteroatoms. The Kier molecular flexibility index (Phi) is 6.92. The Hall–Kier alpha value is -3.01. The molecule has 3 aromatic rings. The summed E-state index contributed by atoms with van der Waals surface area (Å²) in [5.41, 5.74) is 1.88. The summed E-state index contributed by atoms with van der Waals surface area (Å²) in [6, 6.07) is 14.9. The molecule has 2 heterocycles. The molecule has 0 bridgehead atoms. The summed E-state index contributed by atoms with van der Waals surface area (Å²) in [5.74, 6) is -0.454. The van der Waals surface area contributed by atoms with Crippen LogP contribution in [0, 0.1) is 5.82 Å². The molecule has 0 unspecified atom stereocenters. The molecule has 4 rings (SSSR count). The molecule has 33 heavy (non-hydrogen) atoms. The van der Waals surface area contributed by atoms with Crippen LogP contribution in [-0.2, 0) is 11.3 Å². The van der Waals surface area contributed by atoms with Crippen LogP contribution in [0.15, 0.2) is 66.0 Å². The van der Waals surface area contributed by atoms with Gasteiger partial charge in [-0.05, 0) is 29.8 Å². The molecule has 0 spiro atoms. The Morgan fingerprint density at radius 3 is 2.27 bits per heavy atom. The topological polar surface area (TPSA) is 41.4 Å². The second kappa shape index (κ2) is 9.86. The monoisotopic (exact) mass is 478 g/mol. The molecule has 0 N–H and O–H groups in total. The molecule has 2 aromatic carbocycles. The van der Waals surface area contributed by atoms with Gasteiger partial charge in [0, 0.05) is 31.9 Å². The SMILES string of the molecule is O=C(CSc1ncc(-c2ccccc2)n1CC(F)(F)F)N1CCN(c2ccc(F)cc2)CC1. The minimum Gasteiger partial charge on any atom is -0.368 e. The van der Waals surface area contributed by atoms with Gasteiger partial charge in [0.15, 0.2) is 5.16 Å². The standard InChI is InChI=1S/C23H22F4N4OS/c24-18-6-8-19(9-7-18)29-10-12-30(13-11-29)21(32)15-33-22-28-14-20(17-4-2-1-3-5-17)31(22)16-23(25,26)27/h1-9,14H,10-13,15-16H2. The predicted octanol–water partition coefficient (Wildman–Crippen LogP) is 4.69. The van der Waals surface area contributed by atoms with Gasteiger partial charge < -0.3 is 14.4 Å². The minimum absolute atomic E-state index is 0.000349. The van der Waals surface area contributed by atoms with Crippen molar-refractivity contribution >= 4 is 23.4 Å². The molecule has 0 atom stereocenters. The first-order chi connectivity index (χ1) is 15.8. The second-order valence-corrected chi connectivity index (χ2v) is 8.57. The third kappa shape index (κ3) is 5.87. The Morgan fingerprint density at radius 2 is 1.64 bits per heavy atom. The highest BCUT2D eigenvalue weighted by Gasteiger charge is 2.31. The lowest BCUT2D eigenvalue weighted by Crippen LogP contribution is -2.49. The quantitative estimate of drug-likeness (QED) is 0.381. The van der Waals surface area contributed by atoms with Crippen LogP contribution in [0.2, 0.25) is 0 Å². The van der Waals surface area contributed by atoms with E-state index in [-0.39, 0.29) is 22.6 Å². The second-order valence-electron chi connectivity index (χ2n) is 7.63. The lowest BCUT2D eigenvalue weighted by Gasteiger charge is -2.36. The Bertz CT molecular complexity index is 1080. The van der Waals surface area contributed by atoms with Gasteiger partial charge in [0.25, 0.3) is 0 Å². The number of aromatic nitrogens is 2. The predicted molar refractivity (Wildman–Crippen MR) is 120 cm³/mol. The van der Waals surface area contributed by atoms with Crippen LogP contribution in [0.5, 0.6) is 0 Å². The number of hydrogen-bond acceptors (Lipinski definition) is 4. The van der Waals surface area contributed by atoms with E-state index in [9.17, 15) is 22.4 Å². The zero-order valence-corrected chi connectivity index (χ0v) is 18.4. The van der Waals surface area contributed by atoms with Gasteiger partial charge in [0.2, 0.25) is 5.91 Å². The van der Waals surface area contributed by atoms with E-state index in [0.717, 1.165) is 22.0 Å². The van der Waals surface area contributed by atoms with Gasteiger partial charge in [-0.25, -0.2) is 9.37 Å². The number of anilines is 1. The van der Waals surface area contributed by atoms with Gasteiger partial charge in [-0.2, -0.15) is 13.2 Å². The number of carbonyl (C=O) groups is 1. The molecule has 0 saturated carbocycles. The number of rotatable bonds is 6. The zero-order chi connectivity index (χ0) is 23.4. The highest BCUT2D eigenvalue weighted by molar-refractivity contribution is 7.99. The van der Waals surface area contributed by atoms with E-state index in [0.29, 0.717) is 37.4 Å². The summed E-state index contributed by atoms with van der Waals surface area (Å²) < 4.78 is 53.9. The van der Waals surface area contributed by atoms with Crippen molar-refractivity contribution in [2.24, 2.45) is 0 Å². The largest absolute Gasteiger partial charge is 0.406 e. The summed E-state index contributed by atoms with van der Waals surface area (Å²) in [6.45, 7) is 1.00. The third-order valence-corrected chi connectivity index (χ3v) is 6.35. The fourth-order valence-corrected chi connectivity index (χ4v) is 4.61. The summed E-state index contributed by atoms with van der Waals surface area (Å²) in [4.78, 5) is 20.6. The number of carbonyl (C=O) groups excluding carboxylic acids is 1. The van der Waals surface area contributed by atoms with Crippen LogP contribution in [0.3, 0.4) is 0 Å². The van der Waals surface area contributed by atoms with Gasteiger partial charge in [-0.1, -0.05) is 42.1 Å². The average Bonchev–Trinajstić information content (AvgIpc) is 3.19. The van der Waals surface area contributed by atoms with Crippen molar-refractivity contribution in [2.75, 3.05) is 36.8 Å². The maximum Gasteiger partial charge on any atom is 0.406 e. The van der Waals surface area contributed by atoms with E-state index < -0.39 is 12.7 Å². The molecule has 5 nitrogen and oxygen atoms in total. The summed E-state index contributed by atoms with van der Waals surface area (Å²) in [7, 11) is 0. The van der Waals surface area contributed by atoms with Crippen LogP contribution in [0.25, 0.3) is 11.3 Å². The number of nitrogens with zero attached hydrogens (tertiary/aromatic N) is 4. The molecular weight excluding hydrogens is 456 g/mol. The highest BCUT2D eigenvalue weighted by atomic mass is 32.2. The zero-order valence-electron chi connectivity index (χ0n) is 17.6. The van der Waals surface area contributed by atoms with Crippen molar-refractivity contribution in [1.29, 1.82) is 0 Å². The van der Waals surface area contributed by atoms with Crippen molar-refractivity contribution in [1.82, 2.24) is 14.5 Å². The van der Waals surface area contributed by atoms with E-state index in [2.05, 4.69) is 9.88 Å². The first kappa shape index (κ1) is 23.2. The number of alkyl halides is 3. The van der Waals surface area contributed by atoms with Gasteiger partial charge in [0.1, 0.15) is 12.4 Å². The Balaban J connectivity index is 1.39. The first-order valence-corrected chi connectivity index (χ1v) is 11.4. The van der Waals surface area contributed by atoms with Crippen LogP contribution < -0.4 is 4.90 Å². The van der Waals surface area contributed by atoms with Gasteiger partial charge >= 0.3 is 6.18 Å². The molecular formula is C23H22F4N4OS. The number of halogens is 4. The summed E-state index contributed by atoms with van der Waals surface area (Å²) in [6.07, 6.45) is -3.00. The van der Waals surface area contributed by atoms with Crippen molar-refractivity contribution in [3.05, 3.63) is 66.6 Å².